The van der Waals surface area contributed by atoms with Gasteiger partial charge < -0.3 is 0 Å². The lowest BCUT2D eigenvalue weighted by molar-refractivity contribution is -0.118. The maximum absolute atomic E-state index is 11.3. The molecule has 0 heterocycles. The zero-order valence-corrected chi connectivity index (χ0v) is 9.67. The Morgan fingerprint density at radius 3 is 2.53 bits per heavy atom. The standard InChI is InChI=1S/C11H14O3S/c1-3-10(12)7-9-5-4-6-11(8-9)15(2,13)14/h4-6,8H,3,7H2,1-2H3. The lowest BCUT2D eigenvalue weighted by Crippen LogP contribution is -2.02. The number of sulfone groups is 1. The SMILES string of the molecule is CCC(=O)Cc1cccc(S(C)(=O)=O)c1. The second-order valence-electron chi connectivity index (χ2n) is 3.49. The molecule has 0 aliphatic carbocycles. The molecule has 0 unspecified atom stereocenters. The smallest absolute Gasteiger partial charge is 0.175 e. The summed E-state index contributed by atoms with van der Waals surface area (Å²) in [6.07, 6.45) is 1.94. The normalized spacial score (nSPS) is 11.3. The van der Waals surface area contributed by atoms with Crippen molar-refractivity contribution in [2.45, 2.75) is 24.7 Å². The second-order valence-corrected chi connectivity index (χ2v) is 5.50. The molecule has 1 rings (SSSR count). The average Bonchev–Trinajstić information content (AvgIpc) is 2.17. The quantitative estimate of drug-likeness (QED) is 0.783. The van der Waals surface area contributed by atoms with E-state index in [2.05, 4.69) is 0 Å². The van der Waals surface area contributed by atoms with Gasteiger partial charge >= 0.3 is 0 Å². The van der Waals surface area contributed by atoms with Crippen molar-refractivity contribution in [3.05, 3.63) is 29.8 Å². The van der Waals surface area contributed by atoms with Crippen LogP contribution in [0, 0.1) is 0 Å². The molecule has 82 valence electrons. The summed E-state index contributed by atoms with van der Waals surface area (Å²) < 4.78 is 22.5. The van der Waals surface area contributed by atoms with Gasteiger partial charge in [0.05, 0.1) is 4.90 Å². The molecular weight excluding hydrogens is 212 g/mol. The molecule has 0 aliphatic heterocycles. The van der Waals surface area contributed by atoms with Crippen LogP contribution in [0.2, 0.25) is 0 Å². The largest absolute Gasteiger partial charge is 0.299 e. The molecule has 0 aromatic heterocycles. The van der Waals surface area contributed by atoms with E-state index in [9.17, 15) is 13.2 Å². The van der Waals surface area contributed by atoms with Crippen LogP contribution in [0.5, 0.6) is 0 Å². The van der Waals surface area contributed by atoms with Crippen LogP contribution in [0.25, 0.3) is 0 Å². The second kappa shape index (κ2) is 4.57. The van der Waals surface area contributed by atoms with Crippen LogP contribution in [-0.4, -0.2) is 20.5 Å². The molecule has 0 amide bonds. The summed E-state index contributed by atoms with van der Waals surface area (Å²) >= 11 is 0. The molecule has 3 nitrogen and oxygen atoms in total. The van der Waals surface area contributed by atoms with Gasteiger partial charge in [0.25, 0.3) is 0 Å². The van der Waals surface area contributed by atoms with Gasteiger partial charge in [-0.3, -0.25) is 4.79 Å². The van der Waals surface area contributed by atoms with Crippen molar-refractivity contribution in [3.63, 3.8) is 0 Å². The number of Topliss-reactive ketones (excluding diaryl/α,β-unsaturated/α-hetero) is 1. The van der Waals surface area contributed by atoms with Crippen molar-refractivity contribution < 1.29 is 13.2 Å². The summed E-state index contributed by atoms with van der Waals surface area (Å²) in [5.41, 5.74) is 0.754. The molecule has 1 aromatic carbocycles. The van der Waals surface area contributed by atoms with Crippen LogP contribution in [0.3, 0.4) is 0 Å². The molecule has 0 aliphatic rings. The van der Waals surface area contributed by atoms with E-state index in [1.54, 1.807) is 25.1 Å². The fourth-order valence-electron chi connectivity index (χ4n) is 1.24. The van der Waals surface area contributed by atoms with Crippen molar-refractivity contribution in [2.24, 2.45) is 0 Å². The molecular formula is C11H14O3S. The lowest BCUT2D eigenvalue weighted by atomic mass is 10.1. The first-order chi connectivity index (χ1) is 6.93. The fraction of sp³-hybridized carbons (Fsp3) is 0.364. The topological polar surface area (TPSA) is 51.2 Å². The van der Waals surface area contributed by atoms with E-state index >= 15 is 0 Å². The minimum absolute atomic E-state index is 0.112. The van der Waals surface area contributed by atoms with E-state index < -0.39 is 9.84 Å². The van der Waals surface area contributed by atoms with Crippen LogP contribution in [0.4, 0.5) is 0 Å². The van der Waals surface area contributed by atoms with E-state index in [0.29, 0.717) is 12.8 Å². The number of ketones is 1. The number of hydrogen-bond acceptors (Lipinski definition) is 3. The highest BCUT2D eigenvalue weighted by molar-refractivity contribution is 7.90. The molecule has 1 aromatic rings. The first-order valence-electron chi connectivity index (χ1n) is 4.74. The van der Waals surface area contributed by atoms with Crippen molar-refractivity contribution >= 4 is 15.6 Å². The predicted octanol–water partition coefficient (Wildman–Crippen LogP) is 1.61. The van der Waals surface area contributed by atoms with Crippen molar-refractivity contribution in [1.82, 2.24) is 0 Å². The molecule has 0 saturated carbocycles. The highest BCUT2D eigenvalue weighted by Gasteiger charge is 2.08. The van der Waals surface area contributed by atoms with Crippen LogP contribution in [0.1, 0.15) is 18.9 Å². The Morgan fingerprint density at radius 1 is 1.33 bits per heavy atom. The number of benzene rings is 1. The van der Waals surface area contributed by atoms with Gasteiger partial charge in [0.2, 0.25) is 0 Å². The Balaban J connectivity index is 2.99. The number of carbonyl (C=O) groups is 1. The van der Waals surface area contributed by atoms with Gasteiger partial charge in [0.1, 0.15) is 5.78 Å². The molecule has 0 bridgehead atoms. The molecule has 0 fully saturated rings. The minimum atomic E-state index is -3.18. The first kappa shape index (κ1) is 11.9. The molecule has 0 atom stereocenters. The molecule has 15 heavy (non-hydrogen) atoms. The highest BCUT2D eigenvalue weighted by atomic mass is 32.2. The number of carbonyl (C=O) groups excluding carboxylic acids is 1. The third-order valence-electron chi connectivity index (χ3n) is 2.12. The molecule has 0 saturated heterocycles. The monoisotopic (exact) mass is 226 g/mol. The van der Waals surface area contributed by atoms with Gasteiger partial charge in [-0.15, -0.1) is 0 Å². The Labute approximate surface area is 90.0 Å². The molecule has 0 spiro atoms. The summed E-state index contributed by atoms with van der Waals surface area (Å²) in [5.74, 6) is 0.112. The van der Waals surface area contributed by atoms with Gasteiger partial charge in [-0.05, 0) is 17.7 Å². The molecule has 0 radical (unpaired) electrons. The van der Waals surface area contributed by atoms with E-state index in [-0.39, 0.29) is 10.7 Å². The summed E-state index contributed by atoms with van der Waals surface area (Å²) in [7, 11) is -3.18. The third kappa shape index (κ3) is 3.47. The summed E-state index contributed by atoms with van der Waals surface area (Å²) in [5, 5.41) is 0. The van der Waals surface area contributed by atoms with Crippen molar-refractivity contribution in [2.75, 3.05) is 6.26 Å². The van der Waals surface area contributed by atoms with Gasteiger partial charge in [0, 0.05) is 19.1 Å². The van der Waals surface area contributed by atoms with Crippen molar-refractivity contribution in [1.29, 1.82) is 0 Å². The number of hydrogen-bond donors (Lipinski definition) is 0. The molecule has 4 heteroatoms. The van der Waals surface area contributed by atoms with Crippen LogP contribution in [0.15, 0.2) is 29.2 Å². The Morgan fingerprint density at radius 2 is 2.00 bits per heavy atom. The Bertz CT molecular complexity index is 460. The summed E-state index contributed by atoms with van der Waals surface area (Å²) in [6, 6.07) is 6.52. The highest BCUT2D eigenvalue weighted by Crippen LogP contribution is 2.12. The van der Waals surface area contributed by atoms with Crippen LogP contribution < -0.4 is 0 Å². The van der Waals surface area contributed by atoms with E-state index in [0.717, 1.165) is 11.8 Å². The average molecular weight is 226 g/mol. The zero-order valence-electron chi connectivity index (χ0n) is 8.86. The summed E-state index contributed by atoms with van der Waals surface area (Å²) in [6.45, 7) is 1.79. The maximum Gasteiger partial charge on any atom is 0.175 e. The van der Waals surface area contributed by atoms with Crippen LogP contribution in [-0.2, 0) is 21.1 Å². The first-order valence-corrected chi connectivity index (χ1v) is 6.63. The van der Waals surface area contributed by atoms with Gasteiger partial charge in [-0.2, -0.15) is 0 Å². The lowest BCUT2D eigenvalue weighted by Gasteiger charge is -2.02. The van der Waals surface area contributed by atoms with E-state index in [1.807, 2.05) is 0 Å². The van der Waals surface area contributed by atoms with Gasteiger partial charge in [-0.25, -0.2) is 8.42 Å². The Kier molecular flexibility index (Phi) is 3.63. The predicted molar refractivity (Wildman–Crippen MR) is 58.6 cm³/mol. The van der Waals surface area contributed by atoms with Gasteiger partial charge in [-0.1, -0.05) is 19.1 Å². The van der Waals surface area contributed by atoms with Crippen molar-refractivity contribution in [3.8, 4) is 0 Å². The zero-order chi connectivity index (χ0) is 11.5. The summed E-state index contributed by atoms with van der Waals surface area (Å²) in [4.78, 5) is 11.5. The molecule has 0 N–H and O–H groups in total. The maximum atomic E-state index is 11.3. The third-order valence-corrected chi connectivity index (χ3v) is 3.23. The fourth-order valence-corrected chi connectivity index (χ4v) is 1.93. The Hall–Kier alpha value is -1.16. The van der Waals surface area contributed by atoms with E-state index in [4.69, 9.17) is 0 Å². The van der Waals surface area contributed by atoms with Gasteiger partial charge in [0.15, 0.2) is 9.84 Å². The van der Waals surface area contributed by atoms with Crippen LogP contribution >= 0.6 is 0 Å². The van der Waals surface area contributed by atoms with E-state index in [1.165, 1.54) is 6.07 Å². The number of rotatable bonds is 4. The minimum Gasteiger partial charge on any atom is -0.299 e.